The van der Waals surface area contributed by atoms with Gasteiger partial charge in [-0.3, -0.25) is 19.4 Å². The lowest BCUT2D eigenvalue weighted by Gasteiger charge is -2.41. The first-order chi connectivity index (χ1) is 61.2. The van der Waals surface area contributed by atoms with Crippen LogP contribution in [0.15, 0.2) is 116 Å². The summed E-state index contributed by atoms with van der Waals surface area (Å²) in [6.07, 6.45) is 7.09. The molecule has 37 heteroatoms. The van der Waals surface area contributed by atoms with Crippen LogP contribution in [0.3, 0.4) is 0 Å². The van der Waals surface area contributed by atoms with Crippen LogP contribution in [0.4, 0.5) is 52.1 Å². The quantitative estimate of drug-likeness (QED) is 0.0318. The molecular formula is C93H125F4N21O8S4. The number of β-amino-alcohol motifs (C(OH)–C–C–N with tert-alkyl or cyclic N) is 1. The Hall–Kier alpha value is -9.80. The summed E-state index contributed by atoms with van der Waals surface area (Å²) in [5, 5.41) is 12.9. The number of piperazine rings is 3. The molecule has 12 heterocycles. The number of aliphatic hydroxyl groups is 1. The molecule has 0 aliphatic carbocycles. The molecule has 0 spiro atoms. The number of amides is 2. The highest BCUT2D eigenvalue weighted by atomic mass is 32.2. The van der Waals surface area contributed by atoms with Gasteiger partial charge in [-0.1, -0.05) is 80.8 Å². The summed E-state index contributed by atoms with van der Waals surface area (Å²) in [7, 11) is 4.58. The minimum absolute atomic E-state index is 0. The fourth-order valence-corrected chi connectivity index (χ4v) is 20.1. The fraction of sp³-hybridized carbons (Fsp3) is 0.527. The molecule has 4 aromatic carbocycles. The number of anilines is 6. The van der Waals surface area contributed by atoms with E-state index in [1.165, 1.54) is 67.1 Å². The van der Waals surface area contributed by atoms with Gasteiger partial charge in [0.05, 0.1) is 49.0 Å². The number of likely N-dealkylation sites (tertiary alicyclic amines) is 3. The van der Waals surface area contributed by atoms with Gasteiger partial charge in [-0.15, -0.1) is 0 Å². The second-order valence-electron chi connectivity index (χ2n) is 34.7. The zero-order chi connectivity index (χ0) is 89.8. The van der Waals surface area contributed by atoms with Gasteiger partial charge in [0.2, 0.25) is 34.9 Å². The van der Waals surface area contributed by atoms with Gasteiger partial charge in [0.25, 0.3) is 0 Å². The lowest BCUT2D eigenvalue weighted by atomic mass is 10.0. The number of carbonyl (C=O) groups excluding carboxylic acids is 2. The molecule has 0 unspecified atom stereocenters. The van der Waals surface area contributed by atoms with E-state index in [4.69, 9.17) is 52.3 Å². The third-order valence-corrected chi connectivity index (χ3v) is 27.6. The van der Waals surface area contributed by atoms with Crippen molar-refractivity contribution in [2.75, 3.05) is 215 Å². The molecule has 1 N–H and O–H groups in total. The van der Waals surface area contributed by atoms with Gasteiger partial charge >= 0.3 is 24.2 Å². The van der Waals surface area contributed by atoms with E-state index in [2.05, 4.69) is 151 Å². The van der Waals surface area contributed by atoms with Crippen molar-refractivity contribution in [3.05, 3.63) is 195 Å². The van der Waals surface area contributed by atoms with E-state index < -0.39 is 27.6 Å². The van der Waals surface area contributed by atoms with Gasteiger partial charge in [0, 0.05) is 168 Å². The smallest absolute Gasteiger partial charge is 0.421 e. The van der Waals surface area contributed by atoms with Crippen LogP contribution >= 0.6 is 40.5 Å². The molecule has 16 rings (SSSR count). The minimum Gasteiger partial charge on any atom is -0.462 e. The molecule has 6 fully saturated rings. The zero-order valence-corrected chi connectivity index (χ0v) is 79.4. The number of benzene rings is 4. The average Bonchev–Trinajstić information content (AvgIpc) is 0.917. The Balaban J connectivity index is 0.000000187. The number of halogens is 4. The summed E-state index contributed by atoms with van der Waals surface area (Å²) in [6, 6.07) is 25.7. The van der Waals surface area contributed by atoms with Gasteiger partial charge in [-0.25, -0.2) is 26.0 Å². The first kappa shape index (κ1) is 101. The minimum atomic E-state index is -4.87. The number of aryl methyl sites for hydroxylation is 1. The van der Waals surface area contributed by atoms with Crippen LogP contribution in [-0.2, 0) is 64.7 Å². The summed E-state index contributed by atoms with van der Waals surface area (Å²) in [6.45, 7) is 42.8. The number of ether oxygens (including phenoxy) is 3. The van der Waals surface area contributed by atoms with E-state index in [0.717, 1.165) is 122 Å². The first-order valence-electron chi connectivity index (χ1n) is 44.3. The molecular weight excluding hydrogens is 1740 g/mol. The standard InChI is InChI=1S/C33H42F4N8O2.C33H39N7O3.C27H38N6O3S.3H2S/c1-22-16-23(42(5)18-22)21-47-32-39-27-20-43(28-9-6-8-26(34)30(28)33(35,36)37)13-11-25(27)31(40-32)44-14-15-45(24(19-44)17-38-2)29(46)10-7-12-41(3)4;1-3-31(42)40-17-16-39(21-26(40)20-34-2)32-28-13-15-38(30-12-6-9-24-8-4-5-11-27(24)30)22-29(28)35-33(36-32)43-23-25-10-7-14-37(25)18-19-41;1-5-37(34,35)33-16-14-31(15-17-33)26-23-11-13-32(25-10-6-8-20(2)21(25)3)18-24(23)28-27(29-26)36-19-22-9-7-12-30(22)4;;;/h6-10,22-24H,11-21H2,1,3-5H3;3-6,8-9,11-12,25-26,41H,1,7,10,13-23H2;5-6,8,10,22H,1,7,9,11-19H2,2-4H3;3*1H2/b10-7+;;;;;/t22-,23+,24+;25-,26-;22-;;;/m100.../s1. The first-order valence-corrected chi connectivity index (χ1v) is 45.8. The number of alkyl halides is 3. The van der Waals surface area contributed by atoms with Gasteiger partial charge in [0.1, 0.15) is 60.7 Å². The molecule has 9 aliphatic heterocycles. The number of fused-ring (bicyclic) bond motifs is 4. The molecule has 2 amide bonds. The van der Waals surface area contributed by atoms with E-state index in [9.17, 15) is 40.7 Å². The highest BCUT2D eigenvalue weighted by Crippen LogP contribution is 2.43. The lowest BCUT2D eigenvalue weighted by Crippen LogP contribution is -2.56. The lowest BCUT2D eigenvalue weighted by molar-refractivity contribution is -0.139. The highest BCUT2D eigenvalue weighted by Gasteiger charge is 2.43. The molecule has 0 bridgehead atoms. The van der Waals surface area contributed by atoms with Crippen LogP contribution in [0.2, 0.25) is 0 Å². The second-order valence-corrected chi connectivity index (χ2v) is 36.6. The SMILES string of the molecule is C=CS(=O)(=O)N1CCN(c2nc(OC[C@@H]3CCCN3C)nc3c2CCN(c2cccc(C)c2C)C3)CC1.S.S.S.[C-]#[N+]C[C@H]1CN(c2nc(OC[C@@H]3CCCN3CCO)nc3c2CCN(c2cccc4ccccc24)C3)CCN1C(=O)C=C.[C-]#[N+]C[C@H]1CN(c2nc(OC[C@@H]3C[C@@H](C)CN3C)nc3c2CCN(c2cccc(F)c2C(F)(F)F)C3)CCN1C(=O)/C=C/CN(C)C. The molecule has 3 aromatic heterocycles. The van der Waals surface area contributed by atoms with Crippen LogP contribution in [0.25, 0.3) is 20.5 Å². The van der Waals surface area contributed by atoms with Crippen LogP contribution in [0.1, 0.15) is 89.5 Å². The van der Waals surface area contributed by atoms with E-state index >= 15 is 0 Å². The van der Waals surface area contributed by atoms with Crippen molar-refractivity contribution in [1.82, 2.24) is 63.6 Å². The number of carbonyl (C=O) groups is 2. The Bertz CT molecular complexity index is 5330. The number of likely N-dealkylation sites (N-methyl/N-ethyl adjacent to an activating group) is 3. The number of nitrogens with zero attached hydrogens (tertiary/aromatic N) is 21. The van der Waals surface area contributed by atoms with Crippen molar-refractivity contribution >= 4 is 108 Å². The molecule has 0 saturated carbocycles. The zero-order valence-electron chi connectivity index (χ0n) is 75.6. The molecule has 130 heavy (non-hydrogen) atoms. The Morgan fingerprint density at radius 1 is 0.577 bits per heavy atom. The maximum absolute atomic E-state index is 14.5. The van der Waals surface area contributed by atoms with Crippen molar-refractivity contribution in [3.8, 4) is 18.0 Å². The molecule has 7 aromatic rings. The Kier molecular flexibility index (Phi) is 35.3. The van der Waals surface area contributed by atoms with Gasteiger partial charge < -0.3 is 78.0 Å². The van der Waals surface area contributed by atoms with Crippen molar-refractivity contribution in [2.45, 2.75) is 128 Å². The largest absolute Gasteiger partial charge is 0.462 e. The van der Waals surface area contributed by atoms with E-state index in [0.29, 0.717) is 153 Å². The summed E-state index contributed by atoms with van der Waals surface area (Å²) >= 11 is 0. The summed E-state index contributed by atoms with van der Waals surface area (Å²) in [5.74, 6) is 1.23. The maximum Gasteiger partial charge on any atom is 0.421 e. The van der Waals surface area contributed by atoms with Crippen LogP contribution < -0.4 is 43.6 Å². The van der Waals surface area contributed by atoms with E-state index in [1.54, 1.807) is 22.0 Å². The van der Waals surface area contributed by atoms with Crippen LogP contribution in [-0.4, -0.2) is 305 Å². The van der Waals surface area contributed by atoms with Gasteiger partial charge in [0.15, 0.2) is 0 Å². The van der Waals surface area contributed by atoms with Crippen LogP contribution in [0.5, 0.6) is 18.0 Å². The maximum atomic E-state index is 14.5. The van der Waals surface area contributed by atoms with E-state index in [1.807, 2.05) is 30.9 Å². The number of rotatable bonds is 25. The van der Waals surface area contributed by atoms with Gasteiger partial charge in [-0.2, -0.15) is 87.9 Å². The van der Waals surface area contributed by atoms with E-state index in [-0.39, 0.29) is 121 Å². The average molecular weight is 1870 g/mol. The highest BCUT2D eigenvalue weighted by molar-refractivity contribution is 7.92. The van der Waals surface area contributed by atoms with Crippen molar-refractivity contribution in [2.24, 2.45) is 5.92 Å². The summed E-state index contributed by atoms with van der Waals surface area (Å²) in [5.41, 5.74) is 8.94. The molecule has 9 aliphatic rings. The normalized spacial score (nSPS) is 20.9. The predicted octanol–water partition coefficient (Wildman–Crippen LogP) is 10.2. The van der Waals surface area contributed by atoms with Crippen LogP contribution in [0, 0.1) is 38.7 Å². The molecule has 0 radical (unpaired) electrons. The Labute approximate surface area is 783 Å². The third kappa shape index (κ3) is 23.8. The Morgan fingerprint density at radius 2 is 1.07 bits per heavy atom. The number of hydrogen-bond acceptors (Lipinski definition) is 24. The number of aromatic nitrogens is 6. The monoisotopic (exact) mass is 1870 g/mol. The van der Waals surface area contributed by atoms with Crippen molar-refractivity contribution in [1.29, 1.82) is 0 Å². The third-order valence-electron chi connectivity index (χ3n) is 26.1. The number of hydrogen-bond donors (Lipinski definition) is 1. The summed E-state index contributed by atoms with van der Waals surface area (Å²) < 4.78 is 101. The number of sulfonamides is 1. The predicted molar refractivity (Wildman–Crippen MR) is 516 cm³/mol. The summed E-state index contributed by atoms with van der Waals surface area (Å²) in [4.78, 5) is 87.1. The molecule has 29 nitrogen and oxygen atoms in total. The molecule has 702 valence electrons. The Morgan fingerprint density at radius 3 is 1.60 bits per heavy atom. The fourth-order valence-electron chi connectivity index (χ4n) is 19.2. The number of aliphatic hydroxyl groups excluding tert-OH is 1. The topological polar surface area (TPSA) is 244 Å². The van der Waals surface area contributed by atoms with Gasteiger partial charge in [-0.05, 0) is 159 Å². The molecule has 6 atom stereocenters. The second kappa shape index (κ2) is 45.6. The van der Waals surface area contributed by atoms with Crippen molar-refractivity contribution < 1.29 is 54.9 Å². The molecule has 6 saturated heterocycles. The van der Waals surface area contributed by atoms with Crippen molar-refractivity contribution in [3.63, 3.8) is 0 Å².